The minimum atomic E-state index is -0.614. The molecule has 0 aromatic rings. The topological polar surface area (TPSA) is 139 Å². The first-order valence-corrected chi connectivity index (χ1v) is 11.8. The molecule has 0 bridgehead atoms. The lowest BCUT2D eigenvalue weighted by Gasteiger charge is -2.23. The third-order valence-electron chi connectivity index (χ3n) is 4.64. The van der Waals surface area contributed by atoms with Crippen LogP contribution in [0.25, 0.3) is 0 Å². The molecule has 0 aliphatic carbocycles. The van der Waals surface area contributed by atoms with Crippen molar-refractivity contribution in [1.82, 2.24) is 0 Å². The Balaban J connectivity index is 4.05. The van der Waals surface area contributed by atoms with E-state index < -0.39 is 34.7 Å². The lowest BCUT2D eigenvalue weighted by molar-refractivity contribution is -0.156. The van der Waals surface area contributed by atoms with E-state index in [1.54, 1.807) is 34.6 Å². The summed E-state index contributed by atoms with van der Waals surface area (Å²) in [6.45, 7) is 10.2. The van der Waals surface area contributed by atoms with Crippen LogP contribution in [-0.4, -0.2) is 61.9 Å². The van der Waals surface area contributed by atoms with Crippen molar-refractivity contribution in [2.24, 2.45) is 10.8 Å². The molecule has 0 unspecified atom stereocenters. The number of ether oxygens (including phenoxy) is 4. The highest BCUT2D eigenvalue weighted by molar-refractivity contribution is 5.95. The maximum Gasteiger partial charge on any atom is 0.313 e. The van der Waals surface area contributed by atoms with Gasteiger partial charge in [0.05, 0.1) is 26.4 Å². The molecule has 0 aliphatic rings. The number of hydrogen-bond donors (Lipinski definition) is 0. The maximum atomic E-state index is 12.0. The molecule has 200 valence electrons. The maximum absolute atomic E-state index is 12.0. The monoisotopic (exact) mass is 500 g/mol. The Bertz CT molecular complexity index is 751. The average Bonchev–Trinajstić information content (AvgIpc) is 2.76. The van der Waals surface area contributed by atoms with Crippen LogP contribution in [0.2, 0.25) is 0 Å². The van der Waals surface area contributed by atoms with Crippen molar-refractivity contribution < 1.29 is 47.7 Å². The van der Waals surface area contributed by atoms with E-state index >= 15 is 0 Å². The summed E-state index contributed by atoms with van der Waals surface area (Å²) in [7, 11) is 0. The van der Waals surface area contributed by atoms with Crippen molar-refractivity contribution in [3.8, 4) is 0 Å². The lowest BCUT2D eigenvalue weighted by Crippen LogP contribution is -2.29. The molecule has 0 aromatic heterocycles. The van der Waals surface area contributed by atoms with Crippen LogP contribution in [0.4, 0.5) is 0 Å². The molecule has 10 heteroatoms. The lowest BCUT2D eigenvalue weighted by atomic mass is 9.96. The molecular weight excluding hydrogens is 460 g/mol. The van der Waals surface area contributed by atoms with Gasteiger partial charge >= 0.3 is 23.9 Å². The van der Waals surface area contributed by atoms with E-state index in [0.29, 0.717) is 12.8 Å². The fourth-order valence-corrected chi connectivity index (χ4v) is 2.46. The summed E-state index contributed by atoms with van der Waals surface area (Å²) in [5, 5.41) is 0. The Kier molecular flexibility index (Phi) is 14.7. The number of rotatable bonds is 18. The fraction of sp³-hybridized carbons (Fsp3) is 0.760. The first kappa shape index (κ1) is 32.2. The number of ketones is 2. The van der Waals surface area contributed by atoms with Gasteiger partial charge in [0.2, 0.25) is 0 Å². The van der Waals surface area contributed by atoms with Gasteiger partial charge < -0.3 is 18.9 Å². The standard InChI is InChI=1S/C25H40O10/c1-7-19(27)13-23(31)35-17-25(5,6)15-33-21(29)11-9-8-10-20(28)32-14-24(3,4)16-34-22(30)12-18(2)26/h7-17H2,1-6H3. The highest BCUT2D eigenvalue weighted by atomic mass is 16.6. The van der Waals surface area contributed by atoms with Crippen LogP contribution >= 0.6 is 0 Å². The van der Waals surface area contributed by atoms with E-state index in [0.717, 1.165) is 0 Å². The number of carbonyl (C=O) groups excluding carboxylic acids is 6. The summed E-state index contributed by atoms with van der Waals surface area (Å²) in [6.07, 6.45) is 0.859. The largest absolute Gasteiger partial charge is 0.465 e. The molecule has 0 atom stereocenters. The van der Waals surface area contributed by atoms with Crippen LogP contribution in [0.5, 0.6) is 0 Å². The Morgan fingerprint density at radius 3 is 1.26 bits per heavy atom. The first-order valence-electron chi connectivity index (χ1n) is 11.8. The average molecular weight is 501 g/mol. The van der Waals surface area contributed by atoms with E-state index in [9.17, 15) is 28.8 Å². The molecule has 0 rings (SSSR count). The van der Waals surface area contributed by atoms with Gasteiger partial charge in [0.1, 0.15) is 24.4 Å². The van der Waals surface area contributed by atoms with Crippen LogP contribution in [-0.2, 0) is 47.7 Å². The molecule has 0 saturated carbocycles. The van der Waals surface area contributed by atoms with E-state index in [1.807, 2.05) is 0 Å². The molecule has 0 N–H and O–H groups in total. The van der Waals surface area contributed by atoms with Crippen molar-refractivity contribution in [3.63, 3.8) is 0 Å². The molecule has 0 radical (unpaired) electrons. The minimum Gasteiger partial charge on any atom is -0.465 e. The van der Waals surface area contributed by atoms with Gasteiger partial charge in [-0.15, -0.1) is 0 Å². The first-order chi connectivity index (χ1) is 16.2. The molecular formula is C25H40O10. The molecule has 0 amide bonds. The van der Waals surface area contributed by atoms with Crippen LogP contribution < -0.4 is 0 Å². The zero-order chi connectivity index (χ0) is 27.1. The predicted molar refractivity (Wildman–Crippen MR) is 125 cm³/mol. The summed E-state index contributed by atoms with van der Waals surface area (Å²) in [5.74, 6) is -2.54. The summed E-state index contributed by atoms with van der Waals surface area (Å²) >= 11 is 0. The van der Waals surface area contributed by atoms with Gasteiger partial charge in [-0.2, -0.15) is 0 Å². The molecule has 0 aliphatic heterocycles. The second-order valence-corrected chi connectivity index (χ2v) is 10.1. The Morgan fingerprint density at radius 2 is 0.914 bits per heavy atom. The second kappa shape index (κ2) is 16.0. The Labute approximate surface area is 207 Å². The van der Waals surface area contributed by atoms with Crippen LogP contribution in [0, 0.1) is 10.8 Å². The zero-order valence-electron chi connectivity index (χ0n) is 21.9. The minimum absolute atomic E-state index is 0.0185. The molecule has 35 heavy (non-hydrogen) atoms. The number of esters is 4. The zero-order valence-corrected chi connectivity index (χ0v) is 21.9. The Hall–Kier alpha value is -2.78. The second-order valence-electron chi connectivity index (χ2n) is 10.1. The number of unbranched alkanes of at least 4 members (excludes halogenated alkanes) is 1. The van der Waals surface area contributed by atoms with Gasteiger partial charge in [0.15, 0.2) is 0 Å². The SMILES string of the molecule is CCC(=O)CC(=O)OCC(C)(C)COC(=O)CCCCC(=O)OCC(C)(C)COC(=O)CC(C)=O. The van der Waals surface area contributed by atoms with Gasteiger partial charge in [0, 0.05) is 30.1 Å². The quantitative estimate of drug-likeness (QED) is 0.119. The molecule has 0 fully saturated rings. The smallest absolute Gasteiger partial charge is 0.313 e. The van der Waals surface area contributed by atoms with Crippen LogP contribution in [0.3, 0.4) is 0 Å². The van der Waals surface area contributed by atoms with E-state index in [-0.39, 0.29) is 70.1 Å². The number of hydrogen-bond acceptors (Lipinski definition) is 10. The summed E-state index contributed by atoms with van der Waals surface area (Å²) < 4.78 is 20.6. The van der Waals surface area contributed by atoms with Gasteiger partial charge in [-0.3, -0.25) is 28.8 Å². The molecule has 0 spiro atoms. The van der Waals surface area contributed by atoms with Crippen molar-refractivity contribution in [1.29, 1.82) is 0 Å². The summed E-state index contributed by atoms with van der Waals surface area (Å²) in [5.41, 5.74) is -1.20. The predicted octanol–water partition coefficient (Wildman–Crippen LogP) is 3.12. The molecule has 0 saturated heterocycles. The van der Waals surface area contributed by atoms with Gasteiger partial charge in [-0.05, 0) is 19.8 Å². The van der Waals surface area contributed by atoms with Gasteiger partial charge in [0.25, 0.3) is 0 Å². The summed E-state index contributed by atoms with van der Waals surface area (Å²) in [4.78, 5) is 69.1. The van der Waals surface area contributed by atoms with Gasteiger partial charge in [-0.25, -0.2) is 0 Å². The third-order valence-corrected chi connectivity index (χ3v) is 4.64. The molecule has 0 aromatic carbocycles. The van der Waals surface area contributed by atoms with Crippen molar-refractivity contribution in [3.05, 3.63) is 0 Å². The molecule has 10 nitrogen and oxygen atoms in total. The Morgan fingerprint density at radius 1 is 0.571 bits per heavy atom. The highest BCUT2D eigenvalue weighted by Gasteiger charge is 2.24. The van der Waals surface area contributed by atoms with Gasteiger partial charge in [-0.1, -0.05) is 34.6 Å². The van der Waals surface area contributed by atoms with Crippen LogP contribution in [0.15, 0.2) is 0 Å². The van der Waals surface area contributed by atoms with Crippen LogP contribution in [0.1, 0.15) is 86.5 Å². The van der Waals surface area contributed by atoms with Crippen molar-refractivity contribution in [2.45, 2.75) is 86.5 Å². The normalized spacial score (nSPS) is 11.4. The van der Waals surface area contributed by atoms with Crippen molar-refractivity contribution in [2.75, 3.05) is 26.4 Å². The van der Waals surface area contributed by atoms with E-state index in [4.69, 9.17) is 18.9 Å². The number of carbonyl (C=O) groups is 6. The highest BCUT2D eigenvalue weighted by Crippen LogP contribution is 2.18. The summed E-state index contributed by atoms with van der Waals surface area (Å²) in [6, 6.07) is 0. The fourth-order valence-electron chi connectivity index (χ4n) is 2.46. The van der Waals surface area contributed by atoms with Crippen molar-refractivity contribution >= 4 is 35.4 Å². The molecule has 0 heterocycles. The van der Waals surface area contributed by atoms with E-state index in [2.05, 4.69) is 0 Å². The third kappa shape index (κ3) is 18.2. The van der Waals surface area contributed by atoms with E-state index in [1.165, 1.54) is 6.92 Å². The number of Topliss-reactive ketones (excluding diaryl/α,β-unsaturated/α-hetero) is 2.